The van der Waals surface area contributed by atoms with E-state index in [-0.39, 0.29) is 11.9 Å². The highest BCUT2D eigenvalue weighted by atomic mass is 79.9. The molecule has 17 heavy (non-hydrogen) atoms. The van der Waals surface area contributed by atoms with Gasteiger partial charge in [0.2, 0.25) is 0 Å². The maximum atomic E-state index is 12.4. The predicted molar refractivity (Wildman–Crippen MR) is 72.1 cm³/mol. The van der Waals surface area contributed by atoms with Gasteiger partial charge >= 0.3 is 0 Å². The van der Waals surface area contributed by atoms with Crippen LogP contribution < -0.4 is 0 Å². The van der Waals surface area contributed by atoms with Gasteiger partial charge in [-0.3, -0.25) is 4.79 Å². The van der Waals surface area contributed by atoms with Gasteiger partial charge in [0, 0.05) is 35.7 Å². The number of likely N-dealkylation sites (N-methyl/N-ethyl adjacent to an activating group) is 1. The highest BCUT2D eigenvalue weighted by molar-refractivity contribution is 9.10. The summed E-state index contributed by atoms with van der Waals surface area (Å²) in [6.45, 7) is 4.80. The summed E-state index contributed by atoms with van der Waals surface area (Å²) in [7, 11) is 2.09. The van der Waals surface area contributed by atoms with E-state index in [0.717, 1.165) is 29.7 Å². The lowest BCUT2D eigenvalue weighted by Gasteiger charge is -2.38. The standard InChI is InChI=1S/C13H17BrN2O/c1-10-9-15(2)6-7-16(10)13(17)11-4-3-5-12(14)8-11/h3-5,8,10H,6-7,9H2,1-2H3. The molecule has 1 saturated heterocycles. The Hall–Kier alpha value is -0.870. The normalized spacial score (nSPS) is 21.6. The summed E-state index contributed by atoms with van der Waals surface area (Å²) in [6, 6.07) is 7.87. The zero-order chi connectivity index (χ0) is 12.4. The molecular formula is C13H17BrN2O. The minimum Gasteiger partial charge on any atom is -0.333 e. The van der Waals surface area contributed by atoms with Gasteiger partial charge in [0.25, 0.3) is 5.91 Å². The molecule has 92 valence electrons. The molecule has 1 amide bonds. The smallest absolute Gasteiger partial charge is 0.254 e. The van der Waals surface area contributed by atoms with Gasteiger partial charge in [-0.2, -0.15) is 0 Å². The van der Waals surface area contributed by atoms with Gasteiger partial charge in [0.1, 0.15) is 0 Å². The largest absolute Gasteiger partial charge is 0.333 e. The fourth-order valence-electron chi connectivity index (χ4n) is 2.23. The zero-order valence-electron chi connectivity index (χ0n) is 10.2. The molecule has 1 aliphatic rings. The summed E-state index contributed by atoms with van der Waals surface area (Å²) in [5.41, 5.74) is 0.760. The van der Waals surface area contributed by atoms with Gasteiger partial charge in [0.15, 0.2) is 0 Å². The molecular weight excluding hydrogens is 280 g/mol. The maximum absolute atomic E-state index is 12.4. The molecule has 2 rings (SSSR count). The molecule has 0 bridgehead atoms. The van der Waals surface area contributed by atoms with E-state index in [2.05, 4.69) is 34.8 Å². The van der Waals surface area contributed by atoms with E-state index < -0.39 is 0 Å². The van der Waals surface area contributed by atoms with E-state index in [1.165, 1.54) is 0 Å². The van der Waals surface area contributed by atoms with Crippen molar-refractivity contribution in [2.75, 3.05) is 26.7 Å². The van der Waals surface area contributed by atoms with Crippen molar-refractivity contribution in [1.82, 2.24) is 9.80 Å². The van der Waals surface area contributed by atoms with Crippen molar-refractivity contribution in [2.24, 2.45) is 0 Å². The number of halogens is 1. The van der Waals surface area contributed by atoms with E-state index in [1.54, 1.807) is 0 Å². The highest BCUT2D eigenvalue weighted by Crippen LogP contribution is 2.16. The Labute approximate surface area is 111 Å². The molecule has 1 aliphatic heterocycles. The van der Waals surface area contributed by atoms with Crippen LogP contribution in [0.5, 0.6) is 0 Å². The Bertz CT molecular complexity index is 422. The zero-order valence-corrected chi connectivity index (χ0v) is 11.8. The van der Waals surface area contributed by atoms with Crippen molar-refractivity contribution < 1.29 is 4.79 Å². The molecule has 1 fully saturated rings. The first-order valence-electron chi connectivity index (χ1n) is 5.83. The fraction of sp³-hybridized carbons (Fsp3) is 0.462. The Kier molecular flexibility index (Phi) is 3.84. The third-order valence-electron chi connectivity index (χ3n) is 3.16. The number of benzene rings is 1. The molecule has 0 saturated carbocycles. The summed E-state index contributed by atoms with van der Waals surface area (Å²) in [6.07, 6.45) is 0. The third kappa shape index (κ3) is 2.87. The number of carbonyl (C=O) groups excluding carboxylic acids is 1. The summed E-state index contributed by atoms with van der Waals surface area (Å²) < 4.78 is 0.949. The lowest BCUT2D eigenvalue weighted by atomic mass is 10.1. The van der Waals surface area contributed by atoms with E-state index in [0.29, 0.717) is 0 Å². The summed E-state index contributed by atoms with van der Waals surface area (Å²) in [5, 5.41) is 0. The van der Waals surface area contributed by atoms with Crippen LogP contribution in [0, 0.1) is 0 Å². The third-order valence-corrected chi connectivity index (χ3v) is 3.66. The van der Waals surface area contributed by atoms with Crippen LogP contribution >= 0.6 is 15.9 Å². The van der Waals surface area contributed by atoms with E-state index in [4.69, 9.17) is 0 Å². The number of piperazine rings is 1. The van der Waals surface area contributed by atoms with Crippen molar-refractivity contribution in [3.05, 3.63) is 34.3 Å². The summed E-state index contributed by atoms with van der Waals surface area (Å²) >= 11 is 3.40. The summed E-state index contributed by atoms with van der Waals surface area (Å²) in [5.74, 6) is 0.131. The molecule has 1 aromatic carbocycles. The molecule has 4 heteroatoms. The predicted octanol–water partition coefficient (Wildman–Crippen LogP) is 2.23. The van der Waals surface area contributed by atoms with Gasteiger partial charge in [-0.15, -0.1) is 0 Å². The van der Waals surface area contributed by atoms with Gasteiger partial charge in [-0.05, 0) is 32.2 Å². The molecule has 1 heterocycles. The monoisotopic (exact) mass is 296 g/mol. The topological polar surface area (TPSA) is 23.6 Å². The molecule has 3 nitrogen and oxygen atoms in total. The Balaban J connectivity index is 2.15. The number of hydrogen-bond acceptors (Lipinski definition) is 2. The Morgan fingerprint density at radius 1 is 1.41 bits per heavy atom. The second kappa shape index (κ2) is 5.19. The molecule has 1 unspecified atom stereocenters. The van der Waals surface area contributed by atoms with Gasteiger partial charge < -0.3 is 9.80 Å². The minimum absolute atomic E-state index is 0.131. The van der Waals surface area contributed by atoms with Crippen molar-refractivity contribution >= 4 is 21.8 Å². The average Bonchev–Trinajstić information content (AvgIpc) is 2.28. The quantitative estimate of drug-likeness (QED) is 0.793. The maximum Gasteiger partial charge on any atom is 0.254 e. The minimum atomic E-state index is 0.131. The lowest BCUT2D eigenvalue weighted by Crippen LogP contribution is -2.52. The van der Waals surface area contributed by atoms with Crippen molar-refractivity contribution in [3.63, 3.8) is 0 Å². The van der Waals surface area contributed by atoms with Gasteiger partial charge in [0.05, 0.1) is 0 Å². The Morgan fingerprint density at radius 3 is 2.82 bits per heavy atom. The van der Waals surface area contributed by atoms with Crippen LogP contribution in [0.15, 0.2) is 28.7 Å². The highest BCUT2D eigenvalue weighted by Gasteiger charge is 2.26. The van der Waals surface area contributed by atoms with E-state index in [9.17, 15) is 4.79 Å². The first kappa shape index (κ1) is 12.6. The molecule has 1 atom stereocenters. The van der Waals surface area contributed by atoms with Gasteiger partial charge in [-0.1, -0.05) is 22.0 Å². The van der Waals surface area contributed by atoms with Crippen LogP contribution in [0.2, 0.25) is 0 Å². The van der Waals surface area contributed by atoms with Crippen LogP contribution in [0.3, 0.4) is 0 Å². The lowest BCUT2D eigenvalue weighted by molar-refractivity contribution is 0.0533. The average molecular weight is 297 g/mol. The van der Waals surface area contributed by atoms with Crippen molar-refractivity contribution in [3.8, 4) is 0 Å². The number of rotatable bonds is 1. The van der Waals surface area contributed by atoms with Crippen LogP contribution in [-0.4, -0.2) is 48.4 Å². The SMILES string of the molecule is CC1CN(C)CCN1C(=O)c1cccc(Br)c1. The molecule has 0 radical (unpaired) electrons. The van der Waals surface area contributed by atoms with Crippen LogP contribution in [-0.2, 0) is 0 Å². The van der Waals surface area contributed by atoms with Crippen molar-refractivity contribution in [1.29, 1.82) is 0 Å². The second-order valence-corrected chi connectivity index (χ2v) is 5.54. The molecule has 0 aliphatic carbocycles. The first-order valence-corrected chi connectivity index (χ1v) is 6.62. The van der Waals surface area contributed by atoms with E-state index in [1.807, 2.05) is 29.2 Å². The van der Waals surface area contributed by atoms with Crippen LogP contribution in [0.4, 0.5) is 0 Å². The number of nitrogens with zero attached hydrogens (tertiary/aromatic N) is 2. The molecule has 0 N–H and O–H groups in total. The number of amides is 1. The van der Waals surface area contributed by atoms with Crippen LogP contribution in [0.1, 0.15) is 17.3 Å². The first-order chi connectivity index (χ1) is 8.08. The molecule has 0 aromatic heterocycles. The van der Waals surface area contributed by atoms with Crippen molar-refractivity contribution in [2.45, 2.75) is 13.0 Å². The van der Waals surface area contributed by atoms with E-state index >= 15 is 0 Å². The number of hydrogen-bond donors (Lipinski definition) is 0. The number of carbonyl (C=O) groups is 1. The van der Waals surface area contributed by atoms with Gasteiger partial charge in [-0.25, -0.2) is 0 Å². The molecule has 0 spiro atoms. The Morgan fingerprint density at radius 2 is 2.18 bits per heavy atom. The summed E-state index contributed by atoms with van der Waals surface area (Å²) in [4.78, 5) is 16.6. The molecule has 1 aromatic rings. The fourth-order valence-corrected chi connectivity index (χ4v) is 2.63. The van der Waals surface area contributed by atoms with Crippen LogP contribution in [0.25, 0.3) is 0 Å². The second-order valence-electron chi connectivity index (χ2n) is 4.62.